The van der Waals surface area contributed by atoms with E-state index in [2.05, 4.69) is 9.97 Å². The van der Waals surface area contributed by atoms with E-state index in [0.29, 0.717) is 23.0 Å². The van der Waals surface area contributed by atoms with Crippen LogP contribution >= 0.6 is 0 Å². The molecule has 0 unspecified atom stereocenters. The van der Waals surface area contributed by atoms with Gasteiger partial charge in [-0.1, -0.05) is 30.3 Å². The van der Waals surface area contributed by atoms with Crippen molar-refractivity contribution < 1.29 is 9.47 Å². The number of methoxy groups -OCH3 is 2. The van der Waals surface area contributed by atoms with E-state index in [1.165, 1.54) is 6.07 Å². The second kappa shape index (κ2) is 6.58. The number of benzene rings is 2. The van der Waals surface area contributed by atoms with Crippen molar-refractivity contribution in [1.29, 1.82) is 0 Å². The van der Waals surface area contributed by atoms with Gasteiger partial charge in [0.05, 0.1) is 14.2 Å². The van der Waals surface area contributed by atoms with E-state index in [0.717, 1.165) is 16.7 Å². The highest BCUT2D eigenvalue weighted by Gasteiger charge is 2.07. The van der Waals surface area contributed by atoms with Crippen molar-refractivity contribution in [3.63, 3.8) is 0 Å². The number of aryl methyl sites for hydroxylation is 1. The molecule has 24 heavy (non-hydrogen) atoms. The van der Waals surface area contributed by atoms with Crippen molar-refractivity contribution in [2.24, 2.45) is 0 Å². The zero-order valence-electron chi connectivity index (χ0n) is 13.8. The zero-order chi connectivity index (χ0) is 17.1. The van der Waals surface area contributed by atoms with Gasteiger partial charge in [0.15, 0.2) is 11.5 Å². The quantitative estimate of drug-likeness (QED) is 0.799. The molecule has 0 bridgehead atoms. The molecule has 5 nitrogen and oxygen atoms in total. The van der Waals surface area contributed by atoms with Gasteiger partial charge >= 0.3 is 0 Å². The molecular weight excluding hydrogens is 304 g/mol. The fourth-order valence-electron chi connectivity index (χ4n) is 2.55. The Hall–Kier alpha value is -3.08. The van der Waals surface area contributed by atoms with Crippen molar-refractivity contribution in [3.05, 3.63) is 64.6 Å². The molecule has 0 aliphatic heterocycles. The van der Waals surface area contributed by atoms with Crippen LogP contribution in [0.15, 0.2) is 53.3 Å². The first-order valence-corrected chi connectivity index (χ1v) is 7.51. The summed E-state index contributed by atoms with van der Waals surface area (Å²) in [5.74, 6) is 1.95. The number of H-pyrrole nitrogens is 1. The third kappa shape index (κ3) is 3.15. The molecule has 1 N–H and O–H groups in total. The molecule has 1 aromatic heterocycles. The topological polar surface area (TPSA) is 64.2 Å². The lowest BCUT2D eigenvalue weighted by atomic mass is 10.0. The Labute approximate surface area is 139 Å². The van der Waals surface area contributed by atoms with Crippen molar-refractivity contribution in [1.82, 2.24) is 9.97 Å². The summed E-state index contributed by atoms with van der Waals surface area (Å²) in [6, 6.07) is 15.1. The van der Waals surface area contributed by atoms with Crippen LogP contribution in [0.25, 0.3) is 22.5 Å². The van der Waals surface area contributed by atoms with E-state index in [1.807, 2.05) is 42.5 Å². The van der Waals surface area contributed by atoms with Crippen LogP contribution in [0.5, 0.6) is 11.5 Å². The van der Waals surface area contributed by atoms with Gasteiger partial charge in [-0.2, -0.15) is 0 Å². The molecule has 0 aliphatic rings. The van der Waals surface area contributed by atoms with Crippen LogP contribution in [-0.4, -0.2) is 24.2 Å². The number of hydrogen-bond acceptors (Lipinski definition) is 4. The van der Waals surface area contributed by atoms with Crippen molar-refractivity contribution in [3.8, 4) is 34.0 Å². The molecule has 0 atom stereocenters. The molecule has 5 heteroatoms. The first-order valence-electron chi connectivity index (χ1n) is 7.51. The van der Waals surface area contributed by atoms with Crippen molar-refractivity contribution in [2.75, 3.05) is 14.2 Å². The monoisotopic (exact) mass is 322 g/mol. The Morgan fingerprint density at radius 1 is 0.833 bits per heavy atom. The lowest BCUT2D eigenvalue weighted by molar-refractivity contribution is 0.355. The summed E-state index contributed by atoms with van der Waals surface area (Å²) in [6.45, 7) is 1.80. The largest absolute Gasteiger partial charge is 0.493 e. The molecule has 0 spiro atoms. The summed E-state index contributed by atoms with van der Waals surface area (Å²) in [5.41, 5.74) is 3.46. The summed E-state index contributed by atoms with van der Waals surface area (Å²) in [6.07, 6.45) is 0. The van der Waals surface area contributed by atoms with Crippen LogP contribution < -0.4 is 15.0 Å². The number of ether oxygens (including phenoxy) is 2. The van der Waals surface area contributed by atoms with E-state index in [9.17, 15) is 4.79 Å². The summed E-state index contributed by atoms with van der Waals surface area (Å²) in [7, 11) is 3.23. The second-order valence-electron chi connectivity index (χ2n) is 5.38. The zero-order valence-corrected chi connectivity index (χ0v) is 13.8. The Morgan fingerprint density at radius 2 is 1.46 bits per heavy atom. The summed E-state index contributed by atoms with van der Waals surface area (Å²) in [5, 5.41) is 0. The number of aromatic nitrogens is 2. The van der Waals surface area contributed by atoms with Crippen LogP contribution in [-0.2, 0) is 0 Å². The van der Waals surface area contributed by atoms with Crippen LogP contribution in [0.4, 0.5) is 0 Å². The predicted octanol–water partition coefficient (Wildman–Crippen LogP) is 3.43. The Morgan fingerprint density at radius 3 is 2.08 bits per heavy atom. The van der Waals surface area contributed by atoms with E-state index < -0.39 is 0 Å². The van der Waals surface area contributed by atoms with E-state index >= 15 is 0 Å². The maximum Gasteiger partial charge on any atom is 0.251 e. The fraction of sp³-hybridized carbons (Fsp3) is 0.158. The van der Waals surface area contributed by atoms with Gasteiger partial charge in [0.2, 0.25) is 0 Å². The summed E-state index contributed by atoms with van der Waals surface area (Å²) in [4.78, 5) is 18.7. The SMILES string of the molecule is COc1ccc(-c2ccc(-c3nc(C)cc(=O)[nH]3)cc2)cc1OC. The second-order valence-corrected chi connectivity index (χ2v) is 5.38. The molecule has 0 amide bonds. The minimum atomic E-state index is -0.151. The number of nitrogens with one attached hydrogen (secondary N) is 1. The third-order valence-electron chi connectivity index (χ3n) is 3.74. The standard InChI is InChI=1S/C19H18N2O3/c1-12-10-18(22)21-19(20-12)14-6-4-13(5-7-14)15-8-9-16(23-2)17(11-15)24-3/h4-11H,1-3H3,(H,20,21,22). The molecule has 122 valence electrons. The molecule has 1 heterocycles. The average Bonchev–Trinajstić information content (AvgIpc) is 2.60. The number of hydrogen-bond donors (Lipinski definition) is 1. The van der Waals surface area contributed by atoms with Crippen molar-refractivity contribution >= 4 is 0 Å². The van der Waals surface area contributed by atoms with Crippen molar-refractivity contribution in [2.45, 2.75) is 6.92 Å². The predicted molar refractivity (Wildman–Crippen MR) is 93.6 cm³/mol. The highest BCUT2D eigenvalue weighted by molar-refractivity contribution is 5.70. The van der Waals surface area contributed by atoms with Crippen LogP contribution in [0.2, 0.25) is 0 Å². The van der Waals surface area contributed by atoms with Crippen LogP contribution in [0, 0.1) is 6.92 Å². The Kier molecular flexibility index (Phi) is 4.33. The minimum absolute atomic E-state index is 0.151. The van der Waals surface area contributed by atoms with E-state index in [-0.39, 0.29) is 5.56 Å². The lowest BCUT2D eigenvalue weighted by Gasteiger charge is -2.10. The highest BCUT2D eigenvalue weighted by Crippen LogP contribution is 2.32. The average molecular weight is 322 g/mol. The van der Waals surface area contributed by atoms with Gasteiger partial charge in [-0.25, -0.2) is 4.98 Å². The van der Waals surface area contributed by atoms with Gasteiger partial charge in [0.25, 0.3) is 5.56 Å². The van der Waals surface area contributed by atoms with E-state index in [1.54, 1.807) is 21.1 Å². The molecular formula is C19H18N2O3. The summed E-state index contributed by atoms with van der Waals surface area (Å²) >= 11 is 0. The third-order valence-corrected chi connectivity index (χ3v) is 3.74. The maximum atomic E-state index is 11.6. The van der Waals surface area contributed by atoms with Gasteiger partial charge in [0, 0.05) is 17.3 Å². The Balaban J connectivity index is 1.96. The summed E-state index contributed by atoms with van der Waals surface area (Å²) < 4.78 is 10.6. The van der Waals surface area contributed by atoms with Gasteiger partial charge in [0.1, 0.15) is 5.82 Å². The number of rotatable bonds is 4. The van der Waals surface area contributed by atoms with Gasteiger partial charge in [-0.3, -0.25) is 4.79 Å². The van der Waals surface area contributed by atoms with Crippen LogP contribution in [0.1, 0.15) is 5.69 Å². The number of aromatic amines is 1. The molecule has 0 radical (unpaired) electrons. The number of nitrogens with zero attached hydrogens (tertiary/aromatic N) is 1. The van der Waals surface area contributed by atoms with Gasteiger partial charge < -0.3 is 14.5 Å². The molecule has 3 rings (SSSR count). The van der Waals surface area contributed by atoms with Gasteiger partial charge in [-0.15, -0.1) is 0 Å². The highest BCUT2D eigenvalue weighted by atomic mass is 16.5. The molecule has 0 aliphatic carbocycles. The first kappa shape index (κ1) is 15.8. The smallest absolute Gasteiger partial charge is 0.251 e. The first-order chi connectivity index (χ1) is 11.6. The Bertz CT molecular complexity index is 915. The lowest BCUT2D eigenvalue weighted by Crippen LogP contribution is -2.08. The van der Waals surface area contributed by atoms with Crippen LogP contribution in [0.3, 0.4) is 0 Å². The fourth-order valence-corrected chi connectivity index (χ4v) is 2.55. The maximum absolute atomic E-state index is 11.6. The molecule has 2 aromatic carbocycles. The normalized spacial score (nSPS) is 10.5. The molecule has 0 saturated carbocycles. The van der Waals surface area contributed by atoms with Gasteiger partial charge in [-0.05, 0) is 30.2 Å². The minimum Gasteiger partial charge on any atom is -0.493 e. The molecule has 3 aromatic rings. The molecule has 0 saturated heterocycles. The van der Waals surface area contributed by atoms with E-state index in [4.69, 9.17) is 9.47 Å². The molecule has 0 fully saturated rings.